The van der Waals surface area contributed by atoms with Gasteiger partial charge in [0.2, 0.25) is 5.76 Å². The van der Waals surface area contributed by atoms with Gasteiger partial charge in [0.1, 0.15) is 17.3 Å². The van der Waals surface area contributed by atoms with Crippen molar-refractivity contribution in [3.05, 3.63) is 77.6 Å². The van der Waals surface area contributed by atoms with Crippen molar-refractivity contribution in [3.8, 4) is 11.3 Å². The summed E-state index contributed by atoms with van der Waals surface area (Å²) in [4.78, 5) is 14.5. The van der Waals surface area contributed by atoms with Crippen LogP contribution in [0.1, 0.15) is 35.0 Å². The minimum absolute atomic E-state index is 0.0903. The Kier molecular flexibility index (Phi) is 4.24. The number of halogens is 2. The Morgan fingerprint density at radius 3 is 2.65 bits per heavy atom. The summed E-state index contributed by atoms with van der Waals surface area (Å²) in [5, 5.41) is 3.90. The fourth-order valence-corrected chi connectivity index (χ4v) is 3.35. The first kappa shape index (κ1) is 16.4. The van der Waals surface area contributed by atoms with Gasteiger partial charge in [0.15, 0.2) is 0 Å². The number of hydrogen-bond donors (Lipinski definition) is 0. The molecule has 132 valence electrons. The van der Waals surface area contributed by atoms with Crippen LogP contribution in [0.4, 0.5) is 8.78 Å². The number of nitrogens with zero attached hydrogens (tertiary/aromatic N) is 2. The highest BCUT2D eigenvalue weighted by atomic mass is 19.1. The van der Waals surface area contributed by atoms with Gasteiger partial charge in [-0.05, 0) is 43.2 Å². The molecule has 0 spiro atoms. The molecule has 26 heavy (non-hydrogen) atoms. The monoisotopic (exact) mass is 354 g/mol. The molecule has 1 aliphatic rings. The normalized spacial score (nSPS) is 16.8. The average molecular weight is 354 g/mol. The summed E-state index contributed by atoms with van der Waals surface area (Å²) in [5.74, 6) is -0.899. The van der Waals surface area contributed by atoms with Crippen molar-refractivity contribution in [3.63, 3.8) is 0 Å². The summed E-state index contributed by atoms with van der Waals surface area (Å²) in [6, 6.07) is 13.5. The molecule has 0 saturated carbocycles. The lowest BCUT2D eigenvalue weighted by Gasteiger charge is -2.24. The van der Waals surface area contributed by atoms with Crippen LogP contribution in [0.2, 0.25) is 0 Å². The molecular formula is C20H16F2N2O2. The summed E-state index contributed by atoms with van der Waals surface area (Å²) < 4.78 is 32.4. The maximum atomic E-state index is 14.1. The van der Waals surface area contributed by atoms with Crippen LogP contribution in [0.15, 0.2) is 59.1 Å². The van der Waals surface area contributed by atoms with Crippen molar-refractivity contribution in [2.75, 3.05) is 6.54 Å². The zero-order valence-electron chi connectivity index (χ0n) is 13.9. The highest BCUT2D eigenvalue weighted by Crippen LogP contribution is 2.34. The van der Waals surface area contributed by atoms with E-state index in [1.807, 2.05) is 0 Å². The minimum atomic E-state index is -0.349. The fraction of sp³-hybridized carbons (Fsp3) is 0.200. The Hall–Kier alpha value is -3.02. The third-order valence-corrected chi connectivity index (χ3v) is 4.64. The predicted molar refractivity (Wildman–Crippen MR) is 91.3 cm³/mol. The van der Waals surface area contributed by atoms with Crippen LogP contribution in [-0.2, 0) is 0 Å². The largest absolute Gasteiger partial charge is 0.350 e. The van der Waals surface area contributed by atoms with Gasteiger partial charge in [-0.15, -0.1) is 0 Å². The molecule has 1 saturated heterocycles. The van der Waals surface area contributed by atoms with Gasteiger partial charge in [-0.1, -0.05) is 23.4 Å². The van der Waals surface area contributed by atoms with Crippen LogP contribution in [0.3, 0.4) is 0 Å². The first-order valence-corrected chi connectivity index (χ1v) is 8.41. The van der Waals surface area contributed by atoms with Crippen LogP contribution < -0.4 is 0 Å². The van der Waals surface area contributed by atoms with E-state index in [0.717, 1.165) is 6.42 Å². The average Bonchev–Trinajstić information content (AvgIpc) is 3.32. The first-order valence-electron chi connectivity index (χ1n) is 8.41. The van der Waals surface area contributed by atoms with Crippen LogP contribution in [0.5, 0.6) is 0 Å². The molecule has 0 unspecified atom stereocenters. The number of rotatable bonds is 3. The lowest BCUT2D eigenvalue weighted by atomic mass is 10.0. The molecule has 1 aromatic heterocycles. The number of carbonyl (C=O) groups is 1. The molecule has 4 rings (SSSR count). The quantitative estimate of drug-likeness (QED) is 0.691. The fourth-order valence-electron chi connectivity index (χ4n) is 3.35. The van der Waals surface area contributed by atoms with Crippen molar-refractivity contribution < 1.29 is 18.1 Å². The van der Waals surface area contributed by atoms with Gasteiger partial charge in [-0.25, -0.2) is 8.78 Å². The standard InChI is InChI=1S/C20H16F2N2O2/c21-14-9-7-13(8-10-14)17-12-19(26-23-17)20(25)24-11-3-6-18(24)15-4-1-2-5-16(15)22/h1-2,4-5,7-10,12,18H,3,6,11H2/t18-/m0/s1. The van der Waals surface area contributed by atoms with E-state index in [9.17, 15) is 13.6 Å². The summed E-state index contributed by atoms with van der Waals surface area (Å²) in [7, 11) is 0. The third-order valence-electron chi connectivity index (χ3n) is 4.64. The summed E-state index contributed by atoms with van der Waals surface area (Å²) in [5.41, 5.74) is 1.62. The molecule has 1 amide bonds. The van der Waals surface area contributed by atoms with E-state index in [-0.39, 0.29) is 29.3 Å². The molecule has 0 bridgehead atoms. The van der Waals surface area contributed by atoms with E-state index in [0.29, 0.717) is 29.8 Å². The van der Waals surface area contributed by atoms with E-state index in [1.165, 1.54) is 24.3 Å². The van der Waals surface area contributed by atoms with Crippen LogP contribution in [0.25, 0.3) is 11.3 Å². The number of amides is 1. The van der Waals surface area contributed by atoms with E-state index in [1.54, 1.807) is 35.2 Å². The molecule has 6 heteroatoms. The zero-order chi connectivity index (χ0) is 18.1. The molecule has 4 nitrogen and oxygen atoms in total. The van der Waals surface area contributed by atoms with E-state index in [2.05, 4.69) is 5.16 Å². The molecule has 2 heterocycles. The van der Waals surface area contributed by atoms with Gasteiger partial charge in [0.25, 0.3) is 5.91 Å². The lowest BCUT2D eigenvalue weighted by molar-refractivity contribution is 0.0691. The summed E-state index contributed by atoms with van der Waals surface area (Å²) in [6.07, 6.45) is 1.50. The molecule has 1 aliphatic heterocycles. The van der Waals surface area contributed by atoms with Crippen molar-refractivity contribution >= 4 is 5.91 Å². The number of likely N-dealkylation sites (tertiary alicyclic amines) is 1. The van der Waals surface area contributed by atoms with Crippen LogP contribution in [-0.4, -0.2) is 22.5 Å². The molecule has 3 aromatic rings. The Morgan fingerprint density at radius 1 is 1.12 bits per heavy atom. The second kappa shape index (κ2) is 6.71. The van der Waals surface area contributed by atoms with Crippen LogP contribution >= 0.6 is 0 Å². The minimum Gasteiger partial charge on any atom is -0.350 e. The molecule has 0 aliphatic carbocycles. The molecule has 1 fully saturated rings. The lowest BCUT2D eigenvalue weighted by Crippen LogP contribution is -2.30. The highest BCUT2D eigenvalue weighted by Gasteiger charge is 2.33. The Balaban J connectivity index is 1.59. The smallest absolute Gasteiger partial charge is 0.292 e. The number of carbonyl (C=O) groups excluding carboxylic acids is 1. The Morgan fingerprint density at radius 2 is 1.88 bits per heavy atom. The van der Waals surface area contributed by atoms with Crippen molar-refractivity contribution in [2.24, 2.45) is 0 Å². The molecule has 0 radical (unpaired) electrons. The van der Waals surface area contributed by atoms with Crippen molar-refractivity contribution in [1.82, 2.24) is 10.1 Å². The van der Waals surface area contributed by atoms with Gasteiger partial charge >= 0.3 is 0 Å². The van der Waals surface area contributed by atoms with Gasteiger partial charge in [0.05, 0.1) is 6.04 Å². The SMILES string of the molecule is O=C(c1cc(-c2ccc(F)cc2)no1)N1CCC[C@H]1c1ccccc1F. The Bertz CT molecular complexity index is 937. The topological polar surface area (TPSA) is 46.3 Å². The number of hydrogen-bond acceptors (Lipinski definition) is 3. The number of aromatic nitrogens is 1. The zero-order valence-corrected chi connectivity index (χ0v) is 13.9. The van der Waals surface area contributed by atoms with Crippen molar-refractivity contribution in [1.29, 1.82) is 0 Å². The maximum absolute atomic E-state index is 14.1. The highest BCUT2D eigenvalue weighted by molar-refractivity contribution is 5.93. The maximum Gasteiger partial charge on any atom is 0.292 e. The molecule has 1 atom stereocenters. The van der Waals surface area contributed by atoms with E-state index >= 15 is 0 Å². The Labute approximate surface area is 149 Å². The van der Waals surface area contributed by atoms with Crippen LogP contribution in [0, 0.1) is 11.6 Å². The van der Waals surface area contributed by atoms with E-state index < -0.39 is 0 Å². The second-order valence-corrected chi connectivity index (χ2v) is 6.26. The van der Waals surface area contributed by atoms with E-state index in [4.69, 9.17) is 4.52 Å². The predicted octanol–water partition coefficient (Wildman–Crippen LogP) is 4.60. The first-order chi connectivity index (χ1) is 12.6. The molecule has 2 aromatic carbocycles. The third kappa shape index (κ3) is 2.98. The summed E-state index contributed by atoms with van der Waals surface area (Å²) in [6.45, 7) is 0.532. The van der Waals surface area contributed by atoms with Gasteiger partial charge in [-0.2, -0.15) is 0 Å². The van der Waals surface area contributed by atoms with Gasteiger partial charge in [0, 0.05) is 23.7 Å². The van der Waals surface area contributed by atoms with Crippen molar-refractivity contribution in [2.45, 2.75) is 18.9 Å². The molecule has 0 N–H and O–H groups in total. The van der Waals surface area contributed by atoms with Gasteiger partial charge < -0.3 is 9.42 Å². The summed E-state index contributed by atoms with van der Waals surface area (Å²) >= 11 is 0. The molecular weight excluding hydrogens is 338 g/mol. The second-order valence-electron chi connectivity index (χ2n) is 6.26. The number of benzene rings is 2. The van der Waals surface area contributed by atoms with Gasteiger partial charge in [-0.3, -0.25) is 4.79 Å².